The van der Waals surface area contributed by atoms with Crippen molar-refractivity contribution in [1.82, 2.24) is 4.98 Å². The summed E-state index contributed by atoms with van der Waals surface area (Å²) in [5.41, 5.74) is 0.797. The largest absolute Gasteiger partial charge is 0.465 e. The van der Waals surface area contributed by atoms with Gasteiger partial charge in [0, 0.05) is 12.6 Å². The minimum Gasteiger partial charge on any atom is -0.465 e. The molecule has 1 aliphatic heterocycles. The van der Waals surface area contributed by atoms with Crippen molar-refractivity contribution in [3.05, 3.63) is 10.6 Å². The molecule has 1 aromatic heterocycles. The van der Waals surface area contributed by atoms with Gasteiger partial charge in [0.2, 0.25) is 0 Å². The monoisotopic (exact) mass is 280 g/mol. The molecule has 0 spiro atoms. The Morgan fingerprint density at radius 2 is 2.16 bits per heavy atom. The number of hydrogen-bond acceptors (Lipinski definition) is 5. The van der Waals surface area contributed by atoms with Crippen LogP contribution in [-0.2, 0) is 4.74 Å². The van der Waals surface area contributed by atoms with Crippen LogP contribution in [0.15, 0.2) is 0 Å². The molecule has 2 atom stereocenters. The summed E-state index contributed by atoms with van der Waals surface area (Å²) < 4.78 is 4.81. The molecule has 0 radical (unpaired) electrons. The van der Waals surface area contributed by atoms with Crippen molar-refractivity contribution < 1.29 is 9.53 Å². The zero-order valence-electron chi connectivity index (χ0n) is 11.5. The van der Waals surface area contributed by atoms with E-state index in [0.29, 0.717) is 10.9 Å². The molecule has 1 aliphatic carbocycles. The highest BCUT2D eigenvalue weighted by Crippen LogP contribution is 2.40. The molecule has 0 aromatic carbocycles. The molecule has 2 heterocycles. The first kappa shape index (κ1) is 12.9. The van der Waals surface area contributed by atoms with Crippen LogP contribution in [0.5, 0.6) is 0 Å². The third-order valence-electron chi connectivity index (χ3n) is 4.41. The van der Waals surface area contributed by atoms with Gasteiger partial charge in [0.1, 0.15) is 4.88 Å². The normalized spacial score (nSPS) is 26.3. The van der Waals surface area contributed by atoms with E-state index in [4.69, 9.17) is 4.74 Å². The van der Waals surface area contributed by atoms with Crippen molar-refractivity contribution >= 4 is 22.4 Å². The van der Waals surface area contributed by atoms with Gasteiger partial charge in [0.15, 0.2) is 5.13 Å². The summed E-state index contributed by atoms with van der Waals surface area (Å²) in [6.45, 7) is 2.98. The first-order chi connectivity index (χ1) is 9.20. The summed E-state index contributed by atoms with van der Waals surface area (Å²) in [6.07, 6.45) is 6.61. The van der Waals surface area contributed by atoms with Crippen LogP contribution < -0.4 is 4.90 Å². The Morgan fingerprint density at radius 3 is 2.95 bits per heavy atom. The molecule has 3 rings (SSSR count). The lowest BCUT2D eigenvalue weighted by Crippen LogP contribution is -2.34. The van der Waals surface area contributed by atoms with Crippen LogP contribution in [0.1, 0.15) is 47.5 Å². The third kappa shape index (κ3) is 2.24. The lowest BCUT2D eigenvalue weighted by atomic mass is 9.85. The molecule has 0 N–H and O–H groups in total. The fourth-order valence-electron chi connectivity index (χ4n) is 3.43. The Labute approximate surface area is 117 Å². The van der Waals surface area contributed by atoms with E-state index in [2.05, 4.69) is 9.88 Å². The molecule has 0 amide bonds. The number of esters is 1. The average molecular weight is 280 g/mol. The molecular formula is C14H20N2O2S. The molecule has 0 bridgehead atoms. The van der Waals surface area contributed by atoms with Crippen molar-refractivity contribution in [2.75, 3.05) is 18.6 Å². The molecule has 19 heavy (non-hydrogen) atoms. The summed E-state index contributed by atoms with van der Waals surface area (Å²) >= 11 is 1.49. The Balaban J connectivity index is 1.84. The zero-order chi connectivity index (χ0) is 13.4. The Bertz CT molecular complexity index is 486. The maximum atomic E-state index is 11.7. The highest BCUT2D eigenvalue weighted by Gasteiger charge is 2.37. The average Bonchev–Trinajstić information content (AvgIpc) is 3.01. The maximum Gasteiger partial charge on any atom is 0.350 e. The molecule has 1 saturated carbocycles. The van der Waals surface area contributed by atoms with Gasteiger partial charge in [-0.1, -0.05) is 24.2 Å². The number of anilines is 1. The lowest BCUT2D eigenvalue weighted by Gasteiger charge is -2.31. The van der Waals surface area contributed by atoms with E-state index in [9.17, 15) is 4.79 Å². The molecule has 2 aliphatic rings. The first-order valence-electron chi connectivity index (χ1n) is 7.03. The lowest BCUT2D eigenvalue weighted by molar-refractivity contribution is 0.0605. The molecule has 1 aromatic rings. The number of hydrogen-bond donors (Lipinski definition) is 0. The Kier molecular flexibility index (Phi) is 3.48. The van der Waals surface area contributed by atoms with Crippen molar-refractivity contribution in [1.29, 1.82) is 0 Å². The van der Waals surface area contributed by atoms with E-state index < -0.39 is 0 Å². The molecule has 4 nitrogen and oxygen atoms in total. The number of methoxy groups -OCH3 is 1. The van der Waals surface area contributed by atoms with E-state index in [1.807, 2.05) is 6.92 Å². The van der Waals surface area contributed by atoms with Crippen LogP contribution in [0.4, 0.5) is 5.13 Å². The van der Waals surface area contributed by atoms with Crippen molar-refractivity contribution in [3.8, 4) is 0 Å². The number of carbonyl (C=O) groups is 1. The molecular weight excluding hydrogens is 260 g/mol. The number of fused-ring (bicyclic) bond motifs is 1. The second kappa shape index (κ2) is 5.12. The van der Waals surface area contributed by atoms with Gasteiger partial charge >= 0.3 is 5.97 Å². The minimum atomic E-state index is -0.263. The summed E-state index contributed by atoms with van der Waals surface area (Å²) in [5, 5.41) is 1.01. The van der Waals surface area contributed by atoms with Gasteiger partial charge in [-0.05, 0) is 32.1 Å². The molecule has 2 unspecified atom stereocenters. The van der Waals surface area contributed by atoms with Crippen molar-refractivity contribution in [2.24, 2.45) is 5.92 Å². The smallest absolute Gasteiger partial charge is 0.350 e. The number of thiazole rings is 1. The van der Waals surface area contributed by atoms with Crippen LogP contribution in [0.3, 0.4) is 0 Å². The topological polar surface area (TPSA) is 42.4 Å². The summed E-state index contributed by atoms with van der Waals surface area (Å²) in [5.74, 6) is 0.570. The van der Waals surface area contributed by atoms with Crippen molar-refractivity contribution in [2.45, 2.75) is 45.1 Å². The second-order valence-electron chi connectivity index (χ2n) is 5.50. The van der Waals surface area contributed by atoms with Crippen LogP contribution >= 0.6 is 11.3 Å². The van der Waals surface area contributed by atoms with E-state index >= 15 is 0 Å². The molecule has 2 fully saturated rings. The Hall–Kier alpha value is -1.10. The standard InChI is InChI=1S/C14H20N2O2S/c1-9-12(13(17)18-2)19-14(15-9)16-8-7-10-5-3-4-6-11(10)16/h10-11H,3-8H2,1-2H3. The number of carbonyl (C=O) groups excluding carboxylic acids is 1. The molecule has 104 valence electrons. The third-order valence-corrected chi connectivity index (χ3v) is 5.59. The second-order valence-corrected chi connectivity index (χ2v) is 6.47. The fraction of sp³-hybridized carbons (Fsp3) is 0.714. The fourth-order valence-corrected chi connectivity index (χ4v) is 4.50. The van der Waals surface area contributed by atoms with Gasteiger partial charge in [-0.2, -0.15) is 0 Å². The highest BCUT2D eigenvalue weighted by molar-refractivity contribution is 7.17. The number of aromatic nitrogens is 1. The summed E-state index contributed by atoms with van der Waals surface area (Å²) in [7, 11) is 1.42. The summed E-state index contributed by atoms with van der Waals surface area (Å²) in [4.78, 5) is 19.3. The first-order valence-corrected chi connectivity index (χ1v) is 7.84. The predicted octanol–water partition coefficient (Wildman–Crippen LogP) is 3.01. The van der Waals surface area contributed by atoms with E-state index in [1.54, 1.807) is 0 Å². The number of nitrogens with zero attached hydrogens (tertiary/aromatic N) is 2. The van der Waals surface area contributed by atoms with Gasteiger partial charge in [-0.15, -0.1) is 0 Å². The number of ether oxygens (including phenoxy) is 1. The molecule has 1 saturated heterocycles. The van der Waals surface area contributed by atoms with E-state index in [1.165, 1.54) is 50.6 Å². The van der Waals surface area contributed by atoms with Gasteiger partial charge in [0.25, 0.3) is 0 Å². The van der Waals surface area contributed by atoms with Crippen LogP contribution in [-0.4, -0.2) is 30.6 Å². The number of rotatable bonds is 2. The van der Waals surface area contributed by atoms with Gasteiger partial charge in [0.05, 0.1) is 12.8 Å². The predicted molar refractivity (Wildman–Crippen MR) is 75.9 cm³/mol. The van der Waals surface area contributed by atoms with Gasteiger partial charge < -0.3 is 9.64 Å². The van der Waals surface area contributed by atoms with Crippen LogP contribution in [0.2, 0.25) is 0 Å². The zero-order valence-corrected chi connectivity index (χ0v) is 12.3. The SMILES string of the molecule is COC(=O)c1sc(N2CCC3CCCCC32)nc1C. The minimum absolute atomic E-state index is 0.263. The van der Waals surface area contributed by atoms with Crippen LogP contribution in [0, 0.1) is 12.8 Å². The van der Waals surface area contributed by atoms with Crippen LogP contribution in [0.25, 0.3) is 0 Å². The van der Waals surface area contributed by atoms with E-state index in [0.717, 1.165) is 23.3 Å². The quantitative estimate of drug-likeness (QED) is 0.781. The summed E-state index contributed by atoms with van der Waals surface area (Å²) in [6, 6.07) is 0.643. The maximum absolute atomic E-state index is 11.7. The van der Waals surface area contributed by atoms with E-state index in [-0.39, 0.29) is 5.97 Å². The van der Waals surface area contributed by atoms with Crippen molar-refractivity contribution in [3.63, 3.8) is 0 Å². The van der Waals surface area contributed by atoms with Gasteiger partial charge in [-0.3, -0.25) is 0 Å². The Morgan fingerprint density at radius 1 is 1.37 bits per heavy atom. The van der Waals surface area contributed by atoms with Gasteiger partial charge in [-0.25, -0.2) is 9.78 Å². The molecule has 5 heteroatoms. The highest BCUT2D eigenvalue weighted by atomic mass is 32.1. The number of aryl methyl sites for hydroxylation is 1.